The fourth-order valence-corrected chi connectivity index (χ4v) is 3.15. The van der Waals surface area contributed by atoms with Crippen LogP contribution >= 0.6 is 11.6 Å². The third-order valence-corrected chi connectivity index (χ3v) is 4.51. The largest absolute Gasteiger partial charge is 0.315 e. The molecule has 122 valence electrons. The van der Waals surface area contributed by atoms with Gasteiger partial charge in [0.25, 0.3) is 5.91 Å². The van der Waals surface area contributed by atoms with Gasteiger partial charge in [0.05, 0.1) is 22.5 Å². The van der Waals surface area contributed by atoms with Crippen molar-refractivity contribution in [3.63, 3.8) is 0 Å². The zero-order chi connectivity index (χ0) is 16.5. The molecule has 3 aromatic rings. The Bertz CT molecular complexity index is 885. The Morgan fingerprint density at radius 1 is 1.29 bits per heavy atom. The van der Waals surface area contributed by atoms with E-state index in [0.717, 1.165) is 43.1 Å². The van der Waals surface area contributed by atoms with Crippen LogP contribution < -0.4 is 5.32 Å². The summed E-state index contributed by atoms with van der Waals surface area (Å²) >= 11 is 6.22. The first-order valence-electron chi connectivity index (χ1n) is 7.88. The summed E-state index contributed by atoms with van der Waals surface area (Å²) in [7, 11) is 0. The Kier molecular flexibility index (Phi) is 3.82. The van der Waals surface area contributed by atoms with Gasteiger partial charge in [-0.25, -0.2) is 9.67 Å². The molecule has 6 nitrogen and oxygen atoms in total. The van der Waals surface area contributed by atoms with E-state index in [2.05, 4.69) is 20.0 Å². The number of nitrogens with one attached hydrogen (secondary N) is 1. The number of aromatic nitrogens is 4. The van der Waals surface area contributed by atoms with E-state index >= 15 is 0 Å². The predicted octanol–water partition coefficient (Wildman–Crippen LogP) is 3.31. The molecule has 7 heteroatoms. The number of benzene rings is 1. The predicted molar refractivity (Wildman–Crippen MR) is 91.7 cm³/mol. The molecule has 0 aliphatic carbocycles. The van der Waals surface area contributed by atoms with E-state index in [4.69, 9.17) is 11.6 Å². The Balaban J connectivity index is 1.63. The fourth-order valence-electron chi connectivity index (χ4n) is 2.95. The topological polar surface area (TPSA) is 64.7 Å². The maximum atomic E-state index is 12.7. The molecule has 1 aliphatic heterocycles. The van der Waals surface area contributed by atoms with E-state index in [1.807, 2.05) is 18.3 Å². The van der Waals surface area contributed by atoms with Crippen LogP contribution in [0.25, 0.3) is 5.69 Å². The number of nitrogens with zero attached hydrogens (tertiary/aromatic N) is 4. The molecule has 1 N–H and O–H groups in total. The molecule has 0 atom stereocenters. The van der Waals surface area contributed by atoms with Crippen molar-refractivity contribution in [2.45, 2.75) is 25.8 Å². The lowest BCUT2D eigenvalue weighted by molar-refractivity contribution is 0.102. The minimum atomic E-state index is -0.248. The first-order chi connectivity index (χ1) is 11.7. The number of hydrogen-bond donors (Lipinski definition) is 1. The molecule has 1 aliphatic rings. The van der Waals surface area contributed by atoms with E-state index in [9.17, 15) is 4.79 Å². The van der Waals surface area contributed by atoms with Gasteiger partial charge in [0.15, 0.2) is 0 Å². The number of fused-ring (bicyclic) bond motifs is 1. The van der Waals surface area contributed by atoms with Crippen LogP contribution in [0, 0.1) is 0 Å². The van der Waals surface area contributed by atoms with Gasteiger partial charge in [-0.2, -0.15) is 5.10 Å². The zero-order valence-corrected chi connectivity index (χ0v) is 13.7. The number of amides is 1. The van der Waals surface area contributed by atoms with Gasteiger partial charge in [0.2, 0.25) is 0 Å². The molecule has 0 radical (unpaired) electrons. The minimum absolute atomic E-state index is 0.248. The number of imidazole rings is 1. The molecular formula is C17H16ClN5O. The zero-order valence-electron chi connectivity index (χ0n) is 12.9. The Labute approximate surface area is 144 Å². The molecule has 0 saturated heterocycles. The molecule has 24 heavy (non-hydrogen) atoms. The number of carbonyl (C=O) groups is 1. The van der Waals surface area contributed by atoms with Gasteiger partial charge in [0, 0.05) is 25.4 Å². The highest BCUT2D eigenvalue weighted by Gasteiger charge is 2.18. The van der Waals surface area contributed by atoms with E-state index in [1.54, 1.807) is 29.2 Å². The molecule has 4 rings (SSSR count). The van der Waals surface area contributed by atoms with Crippen molar-refractivity contribution >= 4 is 23.3 Å². The number of halogens is 1. The van der Waals surface area contributed by atoms with Crippen molar-refractivity contribution in [2.75, 3.05) is 5.32 Å². The number of anilines is 1. The van der Waals surface area contributed by atoms with Crippen LogP contribution in [0.5, 0.6) is 0 Å². The monoisotopic (exact) mass is 341 g/mol. The molecule has 0 unspecified atom stereocenters. The Morgan fingerprint density at radius 3 is 3.04 bits per heavy atom. The van der Waals surface area contributed by atoms with Crippen LogP contribution in [-0.2, 0) is 13.0 Å². The second-order valence-electron chi connectivity index (χ2n) is 5.74. The Hall–Kier alpha value is -2.60. The van der Waals surface area contributed by atoms with E-state index < -0.39 is 0 Å². The summed E-state index contributed by atoms with van der Waals surface area (Å²) in [5.74, 6) is 1.49. The quantitative estimate of drug-likeness (QED) is 0.794. The Morgan fingerprint density at radius 2 is 2.21 bits per heavy atom. The van der Waals surface area contributed by atoms with Crippen LogP contribution in [0.2, 0.25) is 5.02 Å². The maximum absolute atomic E-state index is 12.7. The van der Waals surface area contributed by atoms with E-state index in [1.165, 1.54) is 0 Å². The van der Waals surface area contributed by atoms with Crippen molar-refractivity contribution in [3.8, 4) is 5.69 Å². The number of carbonyl (C=O) groups excluding carboxylic acids is 1. The standard InChI is InChI=1S/C17H16ClN5O/c18-14-6-5-12(23-9-3-7-20-23)10-13(14)17(24)21-16-11-19-15-4-1-2-8-22(15)16/h3,5-7,9-11H,1-2,4,8H2,(H,21,24). The lowest BCUT2D eigenvalue weighted by atomic mass is 10.1. The van der Waals surface area contributed by atoms with Crippen LogP contribution in [0.3, 0.4) is 0 Å². The average Bonchev–Trinajstić information content (AvgIpc) is 3.26. The molecule has 1 aromatic carbocycles. The van der Waals surface area contributed by atoms with Crippen molar-refractivity contribution in [1.82, 2.24) is 19.3 Å². The molecular weight excluding hydrogens is 326 g/mol. The highest BCUT2D eigenvalue weighted by Crippen LogP contribution is 2.23. The van der Waals surface area contributed by atoms with Gasteiger partial charge in [-0.1, -0.05) is 11.6 Å². The number of rotatable bonds is 3. The normalized spacial score (nSPS) is 13.5. The molecule has 2 aromatic heterocycles. The maximum Gasteiger partial charge on any atom is 0.258 e. The molecule has 3 heterocycles. The van der Waals surface area contributed by atoms with Crippen molar-refractivity contribution in [3.05, 3.63) is 59.3 Å². The van der Waals surface area contributed by atoms with Gasteiger partial charge < -0.3 is 9.88 Å². The average molecular weight is 342 g/mol. The number of hydrogen-bond acceptors (Lipinski definition) is 3. The lowest BCUT2D eigenvalue weighted by Crippen LogP contribution is -2.18. The summed E-state index contributed by atoms with van der Waals surface area (Å²) < 4.78 is 3.75. The van der Waals surface area contributed by atoms with E-state index in [0.29, 0.717) is 10.6 Å². The summed E-state index contributed by atoms with van der Waals surface area (Å²) in [5.41, 5.74) is 1.20. The molecule has 1 amide bonds. The minimum Gasteiger partial charge on any atom is -0.315 e. The molecule has 0 spiro atoms. The third-order valence-electron chi connectivity index (χ3n) is 4.18. The second-order valence-corrected chi connectivity index (χ2v) is 6.14. The molecule has 0 bridgehead atoms. The second kappa shape index (κ2) is 6.13. The van der Waals surface area contributed by atoms with Crippen LogP contribution in [-0.4, -0.2) is 25.2 Å². The molecule has 0 fully saturated rings. The lowest BCUT2D eigenvalue weighted by Gasteiger charge is -2.16. The van der Waals surface area contributed by atoms with Gasteiger partial charge >= 0.3 is 0 Å². The summed E-state index contributed by atoms with van der Waals surface area (Å²) in [6.45, 7) is 0.881. The smallest absolute Gasteiger partial charge is 0.258 e. The first kappa shape index (κ1) is 15.0. The van der Waals surface area contributed by atoms with Crippen molar-refractivity contribution in [1.29, 1.82) is 0 Å². The van der Waals surface area contributed by atoms with Crippen LogP contribution in [0.4, 0.5) is 5.82 Å². The summed E-state index contributed by atoms with van der Waals surface area (Å²) in [6.07, 6.45) is 8.41. The molecule has 0 saturated carbocycles. The SMILES string of the molecule is O=C(Nc1cnc2n1CCCC2)c1cc(-n2cccn2)ccc1Cl. The summed E-state index contributed by atoms with van der Waals surface area (Å²) in [4.78, 5) is 17.1. The first-order valence-corrected chi connectivity index (χ1v) is 8.25. The summed E-state index contributed by atoms with van der Waals surface area (Å²) in [6, 6.07) is 7.09. The van der Waals surface area contributed by atoms with Crippen molar-refractivity contribution in [2.24, 2.45) is 0 Å². The van der Waals surface area contributed by atoms with Gasteiger partial charge in [0.1, 0.15) is 11.6 Å². The van der Waals surface area contributed by atoms with Crippen LogP contribution in [0.1, 0.15) is 29.0 Å². The van der Waals surface area contributed by atoms with Gasteiger partial charge in [-0.3, -0.25) is 4.79 Å². The van der Waals surface area contributed by atoms with Crippen LogP contribution in [0.15, 0.2) is 42.9 Å². The van der Waals surface area contributed by atoms with Gasteiger partial charge in [-0.05, 0) is 37.1 Å². The highest BCUT2D eigenvalue weighted by molar-refractivity contribution is 6.34. The highest BCUT2D eigenvalue weighted by atomic mass is 35.5. The summed E-state index contributed by atoms with van der Waals surface area (Å²) in [5, 5.41) is 7.51. The number of aryl methyl sites for hydroxylation is 1. The third kappa shape index (κ3) is 2.69. The van der Waals surface area contributed by atoms with E-state index in [-0.39, 0.29) is 5.91 Å². The fraction of sp³-hybridized carbons (Fsp3) is 0.235. The van der Waals surface area contributed by atoms with Crippen molar-refractivity contribution < 1.29 is 4.79 Å². The van der Waals surface area contributed by atoms with Gasteiger partial charge in [-0.15, -0.1) is 0 Å².